The average Bonchev–Trinajstić information content (AvgIpc) is 2.51. The Morgan fingerprint density at radius 3 is 2.48 bits per heavy atom. The van der Waals surface area contributed by atoms with E-state index >= 15 is 0 Å². The zero-order chi connectivity index (χ0) is 17.0. The highest BCUT2D eigenvalue weighted by Gasteiger charge is 2.24. The lowest BCUT2D eigenvalue weighted by molar-refractivity contribution is 0.0935. The van der Waals surface area contributed by atoms with Gasteiger partial charge in [0.05, 0.1) is 6.54 Å². The number of amides is 1. The molecule has 122 valence electrons. The summed E-state index contributed by atoms with van der Waals surface area (Å²) in [5.41, 5.74) is -1.33. The third kappa shape index (κ3) is 3.89. The topological polar surface area (TPSA) is 51.2 Å². The molecule has 1 heterocycles. The van der Waals surface area contributed by atoms with Crippen molar-refractivity contribution in [1.82, 2.24) is 10.3 Å². The second-order valence-corrected chi connectivity index (χ2v) is 4.65. The first kappa shape index (κ1) is 17.0. The molecule has 0 aliphatic carbocycles. The van der Waals surface area contributed by atoms with Crippen LogP contribution in [0.25, 0.3) is 0 Å². The van der Waals surface area contributed by atoms with E-state index in [1.54, 1.807) is 6.07 Å². The summed E-state index contributed by atoms with van der Waals surface area (Å²) in [4.78, 5) is 15.5. The molecule has 1 amide bonds. The Hall–Kier alpha value is -2.35. The highest BCUT2D eigenvalue weighted by molar-refractivity contribution is 6.31. The highest BCUT2D eigenvalue weighted by atomic mass is 35.5. The Kier molecular flexibility index (Phi) is 5.38. The van der Waals surface area contributed by atoms with Crippen molar-refractivity contribution in [3.63, 3.8) is 0 Å². The summed E-state index contributed by atoms with van der Waals surface area (Å²) >= 11 is 5.78. The third-order valence-electron chi connectivity index (χ3n) is 2.69. The molecule has 0 aliphatic heterocycles. The minimum Gasteiger partial charge on any atom is -0.475 e. The summed E-state index contributed by atoms with van der Waals surface area (Å²) < 4.78 is 58.0. The van der Waals surface area contributed by atoms with Crippen LogP contribution in [0.4, 0.5) is 17.6 Å². The Labute approximate surface area is 133 Å². The fraction of sp³-hybridized carbons (Fsp3) is 0.143. The van der Waals surface area contributed by atoms with Crippen molar-refractivity contribution in [2.24, 2.45) is 0 Å². The van der Waals surface area contributed by atoms with E-state index < -0.39 is 34.7 Å². The summed E-state index contributed by atoms with van der Waals surface area (Å²) in [6, 6.07) is 3.14. The molecule has 2 aromatic rings. The van der Waals surface area contributed by atoms with E-state index in [0.717, 1.165) is 0 Å². The minimum absolute atomic E-state index is 0.0215. The lowest BCUT2D eigenvalue weighted by Crippen LogP contribution is -2.30. The van der Waals surface area contributed by atoms with E-state index in [1.165, 1.54) is 12.3 Å². The Morgan fingerprint density at radius 2 is 1.87 bits per heavy atom. The number of carbonyl (C=O) groups excluding carboxylic acids is 1. The Balaban J connectivity index is 1.97. The van der Waals surface area contributed by atoms with Gasteiger partial charge in [0.15, 0.2) is 23.3 Å². The molecular weight excluding hydrogens is 340 g/mol. The zero-order valence-corrected chi connectivity index (χ0v) is 12.1. The first-order valence-electron chi connectivity index (χ1n) is 6.26. The number of benzene rings is 1. The first-order chi connectivity index (χ1) is 10.9. The predicted molar refractivity (Wildman–Crippen MR) is 73.3 cm³/mol. The number of hydrogen-bond acceptors (Lipinski definition) is 3. The van der Waals surface area contributed by atoms with Gasteiger partial charge in [-0.25, -0.2) is 22.5 Å². The molecule has 0 saturated carbocycles. The number of nitrogens with one attached hydrogen (secondary N) is 1. The number of pyridine rings is 1. The predicted octanol–water partition coefficient (Wildman–Crippen LogP) is 3.10. The van der Waals surface area contributed by atoms with Crippen LogP contribution in [0.2, 0.25) is 5.02 Å². The van der Waals surface area contributed by atoms with Crippen LogP contribution in [-0.2, 0) is 0 Å². The number of halogens is 5. The smallest absolute Gasteiger partial charge is 0.257 e. The van der Waals surface area contributed by atoms with Crippen LogP contribution < -0.4 is 10.1 Å². The molecule has 4 nitrogen and oxygen atoms in total. The van der Waals surface area contributed by atoms with Crippen LogP contribution in [0.3, 0.4) is 0 Å². The molecule has 0 spiro atoms. The number of nitrogens with zero attached hydrogens (tertiary/aromatic N) is 1. The second-order valence-electron chi connectivity index (χ2n) is 4.24. The van der Waals surface area contributed by atoms with Crippen molar-refractivity contribution in [3.8, 4) is 5.88 Å². The normalized spacial score (nSPS) is 10.5. The standard InChI is InChI=1S/C14H9ClF4N2O2/c15-7-2-1-3-21-14(7)23-5-4-20-13(22)10-11(18)8(16)6-9(17)12(10)19/h1-3,6H,4-5H2,(H,20,22). The number of hydrogen-bond donors (Lipinski definition) is 1. The van der Waals surface area contributed by atoms with Crippen LogP contribution in [0, 0.1) is 23.3 Å². The Bertz CT molecular complexity index is 717. The fourth-order valence-corrected chi connectivity index (χ4v) is 1.83. The molecule has 0 atom stereocenters. The van der Waals surface area contributed by atoms with Crippen LogP contribution in [0.1, 0.15) is 10.4 Å². The van der Waals surface area contributed by atoms with Crippen LogP contribution in [-0.4, -0.2) is 24.0 Å². The summed E-state index contributed by atoms with van der Waals surface area (Å²) in [5, 5.41) is 2.32. The van der Waals surface area contributed by atoms with E-state index in [0.29, 0.717) is 0 Å². The van der Waals surface area contributed by atoms with Gasteiger partial charge in [0, 0.05) is 12.3 Å². The largest absolute Gasteiger partial charge is 0.475 e. The lowest BCUT2D eigenvalue weighted by atomic mass is 10.1. The molecule has 0 fully saturated rings. The molecule has 0 radical (unpaired) electrons. The molecule has 0 unspecified atom stereocenters. The van der Waals surface area contributed by atoms with Gasteiger partial charge in [-0.1, -0.05) is 11.6 Å². The molecule has 1 aromatic carbocycles. The van der Waals surface area contributed by atoms with Gasteiger partial charge in [0.2, 0.25) is 5.88 Å². The summed E-state index contributed by atoms with van der Waals surface area (Å²) in [7, 11) is 0. The molecule has 9 heteroatoms. The summed E-state index contributed by atoms with van der Waals surface area (Å²) in [5.74, 6) is -8.06. The number of ether oxygens (including phenoxy) is 1. The summed E-state index contributed by atoms with van der Waals surface area (Å²) in [6.45, 7) is -0.313. The maximum atomic E-state index is 13.4. The Morgan fingerprint density at radius 1 is 1.22 bits per heavy atom. The van der Waals surface area contributed by atoms with E-state index in [1.807, 2.05) is 0 Å². The van der Waals surface area contributed by atoms with E-state index in [4.69, 9.17) is 16.3 Å². The van der Waals surface area contributed by atoms with Crippen molar-refractivity contribution in [2.45, 2.75) is 0 Å². The molecule has 0 saturated heterocycles. The van der Waals surface area contributed by atoms with Crippen LogP contribution in [0.15, 0.2) is 24.4 Å². The van der Waals surface area contributed by atoms with Crippen molar-refractivity contribution < 1.29 is 27.1 Å². The van der Waals surface area contributed by atoms with Crippen LogP contribution in [0.5, 0.6) is 5.88 Å². The molecule has 0 bridgehead atoms. The van der Waals surface area contributed by atoms with Gasteiger partial charge in [-0.15, -0.1) is 0 Å². The molecule has 2 rings (SSSR count). The van der Waals surface area contributed by atoms with Crippen molar-refractivity contribution in [2.75, 3.05) is 13.2 Å². The van der Waals surface area contributed by atoms with E-state index in [2.05, 4.69) is 10.3 Å². The zero-order valence-electron chi connectivity index (χ0n) is 11.4. The van der Waals surface area contributed by atoms with Gasteiger partial charge in [-0.2, -0.15) is 0 Å². The van der Waals surface area contributed by atoms with E-state index in [-0.39, 0.29) is 30.1 Å². The van der Waals surface area contributed by atoms with Gasteiger partial charge >= 0.3 is 0 Å². The average molecular weight is 349 g/mol. The van der Waals surface area contributed by atoms with Crippen LogP contribution >= 0.6 is 11.6 Å². The van der Waals surface area contributed by atoms with Crippen molar-refractivity contribution in [3.05, 3.63) is 58.3 Å². The molecule has 23 heavy (non-hydrogen) atoms. The number of carbonyl (C=O) groups is 1. The molecule has 1 aromatic heterocycles. The third-order valence-corrected chi connectivity index (χ3v) is 2.98. The number of rotatable bonds is 5. The minimum atomic E-state index is -1.77. The number of aromatic nitrogens is 1. The maximum Gasteiger partial charge on any atom is 0.257 e. The van der Waals surface area contributed by atoms with Gasteiger partial charge in [-0.3, -0.25) is 4.79 Å². The fourth-order valence-electron chi connectivity index (χ4n) is 1.65. The first-order valence-corrected chi connectivity index (χ1v) is 6.64. The van der Waals surface area contributed by atoms with Gasteiger partial charge in [0.1, 0.15) is 17.2 Å². The molecule has 1 N–H and O–H groups in total. The van der Waals surface area contributed by atoms with Crippen molar-refractivity contribution >= 4 is 17.5 Å². The maximum absolute atomic E-state index is 13.4. The van der Waals surface area contributed by atoms with Crippen molar-refractivity contribution in [1.29, 1.82) is 0 Å². The SMILES string of the molecule is O=C(NCCOc1ncccc1Cl)c1c(F)c(F)cc(F)c1F. The molecular formula is C14H9ClF4N2O2. The molecule has 0 aliphatic rings. The van der Waals surface area contributed by atoms with Gasteiger partial charge in [0.25, 0.3) is 5.91 Å². The second kappa shape index (κ2) is 7.28. The summed E-state index contributed by atoms with van der Waals surface area (Å²) in [6.07, 6.45) is 1.43. The van der Waals surface area contributed by atoms with Gasteiger partial charge < -0.3 is 10.1 Å². The quantitative estimate of drug-likeness (QED) is 0.513. The van der Waals surface area contributed by atoms with E-state index in [9.17, 15) is 22.4 Å². The highest BCUT2D eigenvalue weighted by Crippen LogP contribution is 2.20. The van der Waals surface area contributed by atoms with Gasteiger partial charge in [-0.05, 0) is 12.1 Å². The lowest BCUT2D eigenvalue weighted by Gasteiger charge is -2.09. The monoisotopic (exact) mass is 348 g/mol.